The van der Waals surface area contributed by atoms with E-state index in [0.29, 0.717) is 12.0 Å². The number of nitrogens with one attached hydrogen (secondary N) is 1. The van der Waals surface area contributed by atoms with E-state index in [0.717, 1.165) is 36.1 Å². The van der Waals surface area contributed by atoms with Gasteiger partial charge in [0.25, 0.3) is 0 Å². The summed E-state index contributed by atoms with van der Waals surface area (Å²) in [5, 5.41) is 26.1. The lowest BCUT2D eigenvalue weighted by molar-refractivity contribution is -0.141. The second-order valence-corrected chi connectivity index (χ2v) is 12.4. The molecule has 0 fully saturated rings. The van der Waals surface area contributed by atoms with E-state index in [1.807, 2.05) is 43.3 Å². The van der Waals surface area contributed by atoms with Crippen LogP contribution in [0.5, 0.6) is 0 Å². The molecule has 0 bridgehead atoms. The number of hydrogen-bond donors (Lipinski definition) is 3. The van der Waals surface area contributed by atoms with Crippen molar-refractivity contribution in [3.05, 3.63) is 59.2 Å². The molecule has 2 heterocycles. The van der Waals surface area contributed by atoms with Crippen LogP contribution < -0.4 is 10.3 Å². The molecule has 0 unspecified atom stereocenters. The molecule has 0 saturated heterocycles. The fourth-order valence-corrected chi connectivity index (χ4v) is 8.02. The lowest BCUT2D eigenvalue weighted by Gasteiger charge is -2.36. The third-order valence-electron chi connectivity index (χ3n) is 7.90. The molecule has 0 amide bonds. The van der Waals surface area contributed by atoms with Gasteiger partial charge in [-0.1, -0.05) is 57.0 Å². The van der Waals surface area contributed by atoms with Gasteiger partial charge in [-0.2, -0.15) is 0 Å². The molecular formula is C28H37N3O6S. The first kappa shape index (κ1) is 28.1. The maximum Gasteiger partial charge on any atom is 0.305 e. The lowest BCUT2D eigenvalue weighted by Crippen LogP contribution is -2.50. The fraction of sp³-hybridized carbons (Fsp3) is 0.500. The maximum absolute atomic E-state index is 14.0. The fourth-order valence-electron chi connectivity index (χ4n) is 5.84. The Morgan fingerprint density at radius 1 is 1.11 bits per heavy atom. The number of carboxylic acids is 2. The minimum absolute atomic E-state index is 0.00811. The van der Waals surface area contributed by atoms with Crippen LogP contribution in [0.2, 0.25) is 0 Å². The molecule has 3 N–H and O–H groups in total. The van der Waals surface area contributed by atoms with E-state index in [1.165, 1.54) is 0 Å². The normalized spacial score (nSPS) is 22.6. The zero-order valence-corrected chi connectivity index (χ0v) is 23.0. The first-order valence-electron chi connectivity index (χ1n) is 13.2. The number of aliphatic carboxylic acids is 2. The quantitative estimate of drug-likeness (QED) is 0.408. The van der Waals surface area contributed by atoms with Crippen LogP contribution in [0, 0.1) is 0 Å². The van der Waals surface area contributed by atoms with Gasteiger partial charge in [0.1, 0.15) is 0 Å². The van der Waals surface area contributed by atoms with Crippen LogP contribution in [0.3, 0.4) is 0 Å². The molecular weight excluding hydrogens is 506 g/mol. The number of benzene rings is 2. The molecule has 9 nitrogen and oxygen atoms in total. The Balaban J connectivity index is 1.84. The Bertz CT molecular complexity index is 1280. The van der Waals surface area contributed by atoms with Crippen molar-refractivity contribution in [1.29, 1.82) is 0 Å². The van der Waals surface area contributed by atoms with Gasteiger partial charge in [-0.25, -0.2) is 13.4 Å². The Labute approximate surface area is 224 Å². The van der Waals surface area contributed by atoms with Crippen molar-refractivity contribution in [2.24, 2.45) is 0 Å². The van der Waals surface area contributed by atoms with E-state index in [-0.39, 0.29) is 36.1 Å². The number of unbranched alkanes of at least 4 members (excludes halogenated alkanes) is 1. The minimum atomic E-state index is -3.67. The average molecular weight is 544 g/mol. The molecule has 4 rings (SSSR count). The monoisotopic (exact) mass is 543 g/mol. The highest BCUT2D eigenvalue weighted by Crippen LogP contribution is 2.43. The van der Waals surface area contributed by atoms with Gasteiger partial charge >= 0.3 is 11.9 Å². The predicted octanol–water partition coefficient (Wildman–Crippen LogP) is 3.98. The van der Waals surface area contributed by atoms with Gasteiger partial charge in [0.05, 0.1) is 41.3 Å². The van der Waals surface area contributed by atoms with Gasteiger partial charge in [0.2, 0.25) is 0 Å². The van der Waals surface area contributed by atoms with Gasteiger partial charge in [0.15, 0.2) is 9.84 Å². The van der Waals surface area contributed by atoms with Crippen molar-refractivity contribution in [3.8, 4) is 0 Å². The zero-order valence-electron chi connectivity index (χ0n) is 22.2. The first-order valence-corrected chi connectivity index (χ1v) is 14.8. The van der Waals surface area contributed by atoms with Crippen molar-refractivity contribution >= 4 is 27.5 Å². The summed E-state index contributed by atoms with van der Waals surface area (Å²) in [5.41, 5.74) is 2.53. The number of fused-ring (bicyclic) bond motifs is 2. The summed E-state index contributed by atoms with van der Waals surface area (Å²) in [6, 6.07) is 12.3. The van der Waals surface area contributed by atoms with E-state index < -0.39 is 33.4 Å². The smallest absolute Gasteiger partial charge is 0.305 e. The van der Waals surface area contributed by atoms with Crippen LogP contribution in [-0.4, -0.2) is 60.0 Å². The van der Waals surface area contributed by atoms with Crippen molar-refractivity contribution in [2.75, 3.05) is 17.8 Å². The topological polar surface area (TPSA) is 127 Å². The van der Waals surface area contributed by atoms with Crippen LogP contribution in [-0.2, 0) is 26.0 Å². The molecule has 0 radical (unpaired) electrons. The summed E-state index contributed by atoms with van der Waals surface area (Å²) >= 11 is 0. The van der Waals surface area contributed by atoms with Crippen molar-refractivity contribution in [1.82, 2.24) is 10.3 Å². The van der Waals surface area contributed by atoms with Gasteiger partial charge in [-0.3, -0.25) is 14.9 Å². The molecule has 10 heteroatoms. The molecule has 0 spiro atoms. The Morgan fingerprint density at radius 2 is 1.76 bits per heavy atom. The van der Waals surface area contributed by atoms with Gasteiger partial charge < -0.3 is 15.2 Å². The van der Waals surface area contributed by atoms with Crippen molar-refractivity contribution in [3.63, 3.8) is 0 Å². The molecule has 2 aliphatic heterocycles. The summed E-state index contributed by atoms with van der Waals surface area (Å²) in [6.07, 6.45) is 2.62. The molecule has 206 valence electrons. The van der Waals surface area contributed by atoms with E-state index in [1.54, 1.807) is 23.1 Å². The Morgan fingerprint density at radius 3 is 2.34 bits per heavy atom. The number of carbonyl (C=O) groups is 2. The molecule has 2 aliphatic rings. The number of sulfone groups is 1. The van der Waals surface area contributed by atoms with Crippen LogP contribution in [0.1, 0.15) is 75.1 Å². The minimum Gasteiger partial charge on any atom is -0.481 e. The number of hydrazine groups is 1. The second kappa shape index (κ2) is 11.0. The summed E-state index contributed by atoms with van der Waals surface area (Å²) in [7, 11) is -1.91. The molecule has 2 atom stereocenters. The molecule has 2 aromatic rings. The highest BCUT2D eigenvalue weighted by atomic mass is 32.2. The summed E-state index contributed by atoms with van der Waals surface area (Å²) < 4.78 is 27.9. The standard InChI is InChI=1S/C28H37N3O6S/c1-4-6-12-28(5-2)18-38(36,37)24-13-20-17-31(21(14-25(32)33)15-26(34)35)30(3)23(20)16-22(24)27(29-28)19-10-8-7-9-11-19/h7-11,13,16,21,27,29H,4-6,12,14-15,17-18H2,1-3H3,(H,32,33)(H,34,35)/t27-,28-/m1/s1. The van der Waals surface area contributed by atoms with Gasteiger partial charge in [-0.05, 0) is 41.7 Å². The van der Waals surface area contributed by atoms with Gasteiger partial charge in [0, 0.05) is 19.1 Å². The van der Waals surface area contributed by atoms with E-state index in [4.69, 9.17) is 0 Å². The van der Waals surface area contributed by atoms with E-state index in [9.17, 15) is 28.2 Å². The van der Waals surface area contributed by atoms with Crippen LogP contribution in [0.15, 0.2) is 47.4 Å². The number of hydrogen-bond acceptors (Lipinski definition) is 7. The molecule has 2 aromatic carbocycles. The molecule has 0 saturated carbocycles. The third-order valence-corrected chi connectivity index (χ3v) is 9.86. The third kappa shape index (κ3) is 5.57. The average Bonchev–Trinajstić information content (AvgIpc) is 3.15. The predicted molar refractivity (Wildman–Crippen MR) is 145 cm³/mol. The van der Waals surface area contributed by atoms with Crippen LogP contribution >= 0.6 is 0 Å². The van der Waals surface area contributed by atoms with Gasteiger partial charge in [-0.15, -0.1) is 0 Å². The van der Waals surface area contributed by atoms with E-state index >= 15 is 0 Å². The highest BCUT2D eigenvalue weighted by molar-refractivity contribution is 7.91. The number of carboxylic acid groups (broad SMARTS) is 2. The largest absolute Gasteiger partial charge is 0.481 e. The number of nitrogens with zero attached hydrogens (tertiary/aromatic N) is 2. The first-order chi connectivity index (χ1) is 18.0. The number of rotatable bonds is 10. The summed E-state index contributed by atoms with van der Waals surface area (Å²) in [4.78, 5) is 23.3. The Kier molecular flexibility index (Phi) is 8.15. The van der Waals surface area contributed by atoms with Crippen molar-refractivity contribution < 1.29 is 28.2 Å². The van der Waals surface area contributed by atoms with E-state index in [2.05, 4.69) is 12.2 Å². The molecule has 38 heavy (non-hydrogen) atoms. The second-order valence-electron chi connectivity index (χ2n) is 10.5. The highest BCUT2D eigenvalue weighted by Gasteiger charge is 2.43. The van der Waals surface area contributed by atoms with Crippen LogP contribution in [0.4, 0.5) is 5.69 Å². The number of anilines is 1. The summed E-state index contributed by atoms with van der Waals surface area (Å²) in [5.74, 6) is -2.18. The summed E-state index contributed by atoms with van der Waals surface area (Å²) in [6.45, 7) is 4.37. The maximum atomic E-state index is 14.0. The molecule has 0 aliphatic carbocycles. The Hall–Kier alpha value is -2.95. The molecule has 0 aromatic heterocycles. The lowest BCUT2D eigenvalue weighted by atomic mass is 9.88. The van der Waals surface area contributed by atoms with Crippen molar-refractivity contribution in [2.45, 2.75) is 81.4 Å². The zero-order chi connectivity index (χ0) is 27.7. The SMILES string of the molecule is CCCC[C@]1(CC)CS(=O)(=O)c2cc3c(cc2[C@@H](c2ccccc2)N1)N(C)N(C(CC(=O)O)CC(=O)O)C3. The van der Waals surface area contributed by atoms with Crippen LogP contribution in [0.25, 0.3) is 0 Å².